The summed E-state index contributed by atoms with van der Waals surface area (Å²) in [6, 6.07) is 0. The topological polar surface area (TPSA) is 43.8 Å². The van der Waals surface area contributed by atoms with E-state index in [1.807, 2.05) is 0 Å². The van der Waals surface area contributed by atoms with Crippen molar-refractivity contribution in [2.45, 2.75) is 45.6 Å². The van der Waals surface area contributed by atoms with Crippen LogP contribution in [0, 0.1) is 0 Å². The molecule has 0 saturated carbocycles. The number of nitrogens with zero attached hydrogens (tertiary/aromatic N) is 2. The summed E-state index contributed by atoms with van der Waals surface area (Å²) in [5.74, 6) is 1.22. The van der Waals surface area contributed by atoms with E-state index >= 15 is 0 Å². The van der Waals surface area contributed by atoms with Crippen LogP contribution in [0.2, 0.25) is 0 Å². The van der Waals surface area contributed by atoms with E-state index in [1.54, 1.807) is 0 Å². The Morgan fingerprint density at radius 2 is 2.14 bits per heavy atom. The van der Waals surface area contributed by atoms with E-state index in [-0.39, 0.29) is 0 Å². The highest BCUT2D eigenvalue weighted by Crippen LogP contribution is 2.22. The Balaban J connectivity index is 2.37. The number of aromatic nitrogens is 2. The van der Waals surface area contributed by atoms with Gasteiger partial charge in [0, 0.05) is 25.2 Å². The first kappa shape index (κ1) is 9.71. The van der Waals surface area contributed by atoms with Crippen LogP contribution in [0.5, 0.6) is 0 Å². The minimum absolute atomic E-state index is 0.718. The molecule has 14 heavy (non-hydrogen) atoms. The van der Waals surface area contributed by atoms with E-state index in [2.05, 4.69) is 11.5 Å². The molecule has 1 aliphatic rings. The van der Waals surface area contributed by atoms with Crippen LogP contribution in [0.15, 0.2) is 0 Å². The van der Waals surface area contributed by atoms with Gasteiger partial charge in [-0.15, -0.1) is 0 Å². The molecule has 2 rings (SSSR count). The number of rotatable bonds is 3. The fourth-order valence-electron chi connectivity index (χ4n) is 2.32. The average Bonchev–Trinajstić information content (AvgIpc) is 2.58. The van der Waals surface area contributed by atoms with Crippen LogP contribution in [0.1, 0.15) is 37.0 Å². The summed E-state index contributed by atoms with van der Waals surface area (Å²) in [5.41, 5.74) is 8.42. The Hall–Kier alpha value is -0.830. The average molecular weight is 193 g/mol. The van der Waals surface area contributed by atoms with Gasteiger partial charge in [0.05, 0.1) is 5.69 Å². The molecule has 0 fully saturated rings. The summed E-state index contributed by atoms with van der Waals surface area (Å²) in [6.07, 6.45) is 6.00. The van der Waals surface area contributed by atoms with Crippen LogP contribution in [0.25, 0.3) is 0 Å². The fourth-order valence-corrected chi connectivity index (χ4v) is 2.32. The molecule has 78 valence electrons. The lowest BCUT2D eigenvalue weighted by molar-refractivity contribution is 0.595. The highest BCUT2D eigenvalue weighted by molar-refractivity contribution is 5.20. The van der Waals surface area contributed by atoms with Crippen molar-refractivity contribution in [1.82, 2.24) is 9.55 Å². The smallest absolute Gasteiger partial charge is 0.108 e. The van der Waals surface area contributed by atoms with Crippen molar-refractivity contribution in [2.75, 3.05) is 6.54 Å². The number of nitrogens with two attached hydrogens (primary N) is 1. The third-order valence-corrected chi connectivity index (χ3v) is 2.98. The maximum atomic E-state index is 5.63. The molecule has 0 amide bonds. The monoisotopic (exact) mass is 193 g/mol. The third kappa shape index (κ3) is 1.57. The predicted octanol–water partition coefficient (Wildman–Crippen LogP) is 1.28. The SMILES string of the molecule is CCc1nc2c(n1CCN)CCCC2. The standard InChI is InChI=1S/C11H19N3/c1-2-11-13-9-5-3-4-6-10(9)14(11)8-7-12/h2-8,12H2,1H3. The fraction of sp³-hybridized carbons (Fsp3) is 0.727. The molecular weight excluding hydrogens is 174 g/mol. The van der Waals surface area contributed by atoms with Crippen molar-refractivity contribution < 1.29 is 0 Å². The molecule has 2 N–H and O–H groups in total. The zero-order valence-electron chi connectivity index (χ0n) is 8.92. The van der Waals surface area contributed by atoms with Crippen molar-refractivity contribution in [3.05, 3.63) is 17.2 Å². The summed E-state index contributed by atoms with van der Waals surface area (Å²) in [4.78, 5) is 4.70. The normalized spacial score (nSPS) is 15.6. The molecule has 0 radical (unpaired) electrons. The van der Waals surface area contributed by atoms with Crippen molar-refractivity contribution in [3.8, 4) is 0 Å². The van der Waals surface area contributed by atoms with Crippen molar-refractivity contribution in [2.24, 2.45) is 5.73 Å². The third-order valence-electron chi connectivity index (χ3n) is 2.98. The van der Waals surface area contributed by atoms with Crippen LogP contribution in [-0.2, 0) is 25.8 Å². The van der Waals surface area contributed by atoms with Gasteiger partial charge in [-0.2, -0.15) is 0 Å². The van der Waals surface area contributed by atoms with Crippen molar-refractivity contribution in [3.63, 3.8) is 0 Å². The lowest BCUT2D eigenvalue weighted by atomic mass is 10.0. The van der Waals surface area contributed by atoms with Gasteiger partial charge in [-0.05, 0) is 25.7 Å². The minimum atomic E-state index is 0.718. The molecule has 3 heteroatoms. The van der Waals surface area contributed by atoms with Crippen molar-refractivity contribution >= 4 is 0 Å². The van der Waals surface area contributed by atoms with Crippen LogP contribution in [0.3, 0.4) is 0 Å². The lowest BCUT2D eigenvalue weighted by Gasteiger charge is -2.14. The van der Waals surface area contributed by atoms with Gasteiger partial charge in [0.25, 0.3) is 0 Å². The van der Waals surface area contributed by atoms with Gasteiger partial charge in [0.2, 0.25) is 0 Å². The Bertz CT molecular complexity index is 315. The molecule has 0 spiro atoms. The van der Waals surface area contributed by atoms with E-state index in [9.17, 15) is 0 Å². The summed E-state index contributed by atoms with van der Waals surface area (Å²) in [7, 11) is 0. The molecule has 1 aromatic rings. The van der Waals surface area contributed by atoms with E-state index in [4.69, 9.17) is 10.7 Å². The quantitative estimate of drug-likeness (QED) is 0.786. The second-order valence-corrected chi connectivity index (χ2v) is 3.92. The molecular formula is C11H19N3. The van der Waals surface area contributed by atoms with Gasteiger partial charge < -0.3 is 10.3 Å². The zero-order chi connectivity index (χ0) is 9.97. The number of imidazole rings is 1. The highest BCUT2D eigenvalue weighted by atomic mass is 15.1. The molecule has 3 nitrogen and oxygen atoms in total. The molecule has 1 heterocycles. The van der Waals surface area contributed by atoms with Crippen LogP contribution in [0.4, 0.5) is 0 Å². The minimum Gasteiger partial charge on any atom is -0.331 e. The summed E-state index contributed by atoms with van der Waals surface area (Å²) in [5, 5.41) is 0. The summed E-state index contributed by atoms with van der Waals surface area (Å²) in [6.45, 7) is 3.82. The molecule has 0 aliphatic heterocycles. The van der Waals surface area contributed by atoms with Crippen molar-refractivity contribution in [1.29, 1.82) is 0 Å². The molecule has 0 atom stereocenters. The molecule has 1 aliphatic carbocycles. The molecule has 1 aromatic heterocycles. The van der Waals surface area contributed by atoms with Crippen LogP contribution >= 0.6 is 0 Å². The van der Waals surface area contributed by atoms with E-state index in [1.165, 1.54) is 42.9 Å². The van der Waals surface area contributed by atoms with Gasteiger partial charge in [0.15, 0.2) is 0 Å². The number of fused-ring (bicyclic) bond motifs is 1. The maximum absolute atomic E-state index is 5.63. The first-order chi connectivity index (χ1) is 6.86. The van der Waals surface area contributed by atoms with E-state index in [0.29, 0.717) is 0 Å². The largest absolute Gasteiger partial charge is 0.331 e. The second-order valence-electron chi connectivity index (χ2n) is 3.92. The zero-order valence-corrected chi connectivity index (χ0v) is 8.92. The number of hydrogen-bond donors (Lipinski definition) is 1. The van der Waals surface area contributed by atoms with E-state index < -0.39 is 0 Å². The van der Waals surface area contributed by atoms with Gasteiger partial charge in [-0.3, -0.25) is 0 Å². The van der Waals surface area contributed by atoms with Crippen LogP contribution in [-0.4, -0.2) is 16.1 Å². The first-order valence-corrected chi connectivity index (χ1v) is 5.64. The second kappa shape index (κ2) is 4.13. The number of aryl methyl sites for hydroxylation is 2. The summed E-state index contributed by atoms with van der Waals surface area (Å²) >= 11 is 0. The highest BCUT2D eigenvalue weighted by Gasteiger charge is 2.18. The molecule has 0 bridgehead atoms. The molecule has 0 unspecified atom stereocenters. The van der Waals surface area contributed by atoms with Crippen LogP contribution < -0.4 is 5.73 Å². The Morgan fingerprint density at radius 1 is 1.36 bits per heavy atom. The molecule has 0 saturated heterocycles. The molecule has 0 aromatic carbocycles. The number of hydrogen-bond acceptors (Lipinski definition) is 2. The first-order valence-electron chi connectivity index (χ1n) is 5.64. The Labute approximate surface area is 85.3 Å². The van der Waals surface area contributed by atoms with Gasteiger partial charge >= 0.3 is 0 Å². The van der Waals surface area contributed by atoms with Gasteiger partial charge in [-0.1, -0.05) is 6.92 Å². The Kier molecular flexibility index (Phi) is 2.87. The summed E-state index contributed by atoms with van der Waals surface area (Å²) < 4.78 is 2.34. The van der Waals surface area contributed by atoms with Gasteiger partial charge in [0.1, 0.15) is 5.82 Å². The lowest BCUT2D eigenvalue weighted by Crippen LogP contribution is -2.16. The van der Waals surface area contributed by atoms with Gasteiger partial charge in [-0.25, -0.2) is 4.98 Å². The van der Waals surface area contributed by atoms with E-state index in [0.717, 1.165) is 19.5 Å². The Morgan fingerprint density at radius 3 is 2.86 bits per heavy atom. The predicted molar refractivity (Wildman–Crippen MR) is 57.3 cm³/mol. The maximum Gasteiger partial charge on any atom is 0.108 e.